The number of piperidine rings is 1. The Labute approximate surface area is 194 Å². The molecule has 1 heterocycles. The first-order chi connectivity index (χ1) is 16.2. The largest absolute Gasteiger partial charge is 0.394 e. The lowest BCUT2D eigenvalue weighted by molar-refractivity contribution is -0.175. The van der Waals surface area contributed by atoms with Crippen molar-refractivity contribution in [3.63, 3.8) is 0 Å². The van der Waals surface area contributed by atoms with Crippen LogP contribution in [-0.2, 0) is 9.59 Å². The second kappa shape index (κ2) is 11.0. The van der Waals surface area contributed by atoms with E-state index in [1.54, 1.807) is 46.9 Å². The Bertz CT molecular complexity index is 1030. The van der Waals surface area contributed by atoms with Gasteiger partial charge in [-0.15, -0.1) is 0 Å². The summed E-state index contributed by atoms with van der Waals surface area (Å²) in [5.41, 5.74) is 3.36. The molecule has 11 heteroatoms. The molecule has 4 N–H and O–H groups in total. The number of nitrogens with one attached hydrogen (secondary N) is 3. The van der Waals surface area contributed by atoms with Crippen LogP contribution < -0.4 is 21.1 Å². The summed E-state index contributed by atoms with van der Waals surface area (Å²) in [6.45, 7) is 1.54. The molecule has 2 amide bonds. The summed E-state index contributed by atoms with van der Waals surface area (Å²) in [5.74, 6) is -2.83. The second-order valence-electron chi connectivity index (χ2n) is 7.97. The molecular formula is C23H26F3N5O3. The van der Waals surface area contributed by atoms with E-state index in [-0.39, 0.29) is 11.6 Å². The fourth-order valence-electron chi connectivity index (χ4n) is 3.62. The summed E-state index contributed by atoms with van der Waals surface area (Å²) < 4.78 is 40.6. The van der Waals surface area contributed by atoms with Gasteiger partial charge in [-0.05, 0) is 54.8 Å². The van der Waals surface area contributed by atoms with Crippen molar-refractivity contribution in [2.45, 2.75) is 38.4 Å². The van der Waals surface area contributed by atoms with Crippen molar-refractivity contribution < 1.29 is 28.0 Å². The maximum absolute atomic E-state index is 13.5. The number of nitrogens with zero attached hydrogens (tertiary/aromatic N) is 2. The molecule has 8 nitrogen and oxygen atoms in total. The average molecular weight is 477 g/mol. The summed E-state index contributed by atoms with van der Waals surface area (Å²) in [5, 5.41) is 17.2. The molecule has 0 spiro atoms. The van der Waals surface area contributed by atoms with Crippen LogP contribution in [0.4, 0.5) is 30.2 Å². The summed E-state index contributed by atoms with van der Waals surface area (Å²) in [4.78, 5) is 26.6. The summed E-state index contributed by atoms with van der Waals surface area (Å²) in [6, 6.07) is 11.0. The first kappa shape index (κ1) is 25.0. The number of anilines is 3. The first-order valence-corrected chi connectivity index (χ1v) is 10.8. The number of amides is 2. The van der Waals surface area contributed by atoms with E-state index >= 15 is 0 Å². The van der Waals surface area contributed by atoms with Crippen LogP contribution in [0.15, 0.2) is 53.6 Å². The number of hydrogen-bond acceptors (Lipinski definition) is 6. The third kappa shape index (κ3) is 6.47. The molecule has 34 heavy (non-hydrogen) atoms. The van der Waals surface area contributed by atoms with Gasteiger partial charge in [-0.1, -0.05) is 19.1 Å². The molecule has 1 aliphatic heterocycles. The Morgan fingerprint density at radius 3 is 2.53 bits per heavy atom. The molecular weight excluding hydrogens is 451 g/mol. The van der Waals surface area contributed by atoms with Crippen LogP contribution in [0.2, 0.25) is 0 Å². The molecule has 0 bridgehead atoms. The van der Waals surface area contributed by atoms with Crippen molar-refractivity contribution >= 4 is 35.1 Å². The van der Waals surface area contributed by atoms with Gasteiger partial charge >= 0.3 is 6.18 Å². The highest BCUT2D eigenvalue weighted by Gasteiger charge is 2.44. The van der Waals surface area contributed by atoms with Gasteiger partial charge in [0.25, 0.3) is 0 Å². The maximum Gasteiger partial charge on any atom is 0.394 e. The number of halogens is 3. The van der Waals surface area contributed by atoms with E-state index in [4.69, 9.17) is 5.21 Å². The zero-order valence-corrected chi connectivity index (χ0v) is 18.5. The van der Waals surface area contributed by atoms with Crippen molar-refractivity contribution in [3.8, 4) is 0 Å². The van der Waals surface area contributed by atoms with Gasteiger partial charge in [-0.3, -0.25) is 14.8 Å². The highest BCUT2D eigenvalue weighted by Crippen LogP contribution is 2.31. The number of carbonyl (C=O) groups is 2. The van der Waals surface area contributed by atoms with Crippen LogP contribution in [0.25, 0.3) is 0 Å². The standard InChI is InChI=1S/C23H26F3N5O3/c1-15(23(24,25)26)21(28-18-6-4-5-16(13-18)14-27-30-34)22(33)29-17-8-10-19(11-9-17)31-12-3-2-7-20(31)32/h4-6,8-11,13-15,21,28,30,34H,2-3,7,12H2,1H3,(H,29,33)/b27-14-/t15-,21+/m0/s1. The van der Waals surface area contributed by atoms with Crippen molar-refractivity contribution in [1.82, 2.24) is 5.59 Å². The van der Waals surface area contributed by atoms with Crippen LogP contribution >= 0.6 is 0 Å². The minimum Gasteiger partial charge on any atom is -0.373 e. The molecule has 0 saturated carbocycles. The molecule has 0 aliphatic carbocycles. The summed E-state index contributed by atoms with van der Waals surface area (Å²) in [6.07, 6.45) is -1.13. The minimum atomic E-state index is -4.62. The lowest BCUT2D eigenvalue weighted by atomic mass is 9.99. The average Bonchev–Trinajstić information content (AvgIpc) is 2.81. The first-order valence-electron chi connectivity index (χ1n) is 10.8. The predicted octanol–water partition coefficient (Wildman–Crippen LogP) is 4.13. The number of rotatable bonds is 8. The third-order valence-corrected chi connectivity index (χ3v) is 5.55. The van der Waals surface area contributed by atoms with E-state index in [2.05, 4.69) is 15.7 Å². The molecule has 0 aromatic heterocycles. The zero-order valence-electron chi connectivity index (χ0n) is 18.5. The van der Waals surface area contributed by atoms with E-state index in [1.165, 1.54) is 18.3 Å². The molecule has 1 aliphatic rings. The highest BCUT2D eigenvalue weighted by atomic mass is 19.4. The monoisotopic (exact) mass is 477 g/mol. The van der Waals surface area contributed by atoms with Gasteiger partial charge in [0.05, 0.1) is 12.1 Å². The smallest absolute Gasteiger partial charge is 0.373 e. The molecule has 2 atom stereocenters. The number of benzene rings is 2. The Morgan fingerprint density at radius 1 is 1.15 bits per heavy atom. The molecule has 3 rings (SSSR count). The Morgan fingerprint density at radius 2 is 1.88 bits per heavy atom. The van der Waals surface area contributed by atoms with Gasteiger partial charge < -0.3 is 15.5 Å². The van der Waals surface area contributed by atoms with Crippen molar-refractivity contribution in [2.24, 2.45) is 11.0 Å². The number of alkyl halides is 3. The molecule has 2 aromatic carbocycles. The topological polar surface area (TPSA) is 106 Å². The van der Waals surface area contributed by atoms with Gasteiger partial charge in [-0.25, -0.2) is 0 Å². The van der Waals surface area contributed by atoms with E-state index < -0.39 is 24.0 Å². The van der Waals surface area contributed by atoms with Crippen molar-refractivity contribution in [2.75, 3.05) is 22.1 Å². The normalized spacial score (nSPS) is 16.3. The Kier molecular flexibility index (Phi) is 8.11. The van der Waals surface area contributed by atoms with Gasteiger partial charge in [0.1, 0.15) is 6.04 Å². The molecule has 182 valence electrons. The Balaban J connectivity index is 1.76. The molecule has 0 radical (unpaired) electrons. The predicted molar refractivity (Wildman–Crippen MR) is 123 cm³/mol. The minimum absolute atomic E-state index is 0.0216. The van der Waals surface area contributed by atoms with Crippen LogP contribution in [0.5, 0.6) is 0 Å². The van der Waals surface area contributed by atoms with Gasteiger partial charge in [-0.2, -0.15) is 23.9 Å². The lowest BCUT2D eigenvalue weighted by Gasteiger charge is -2.28. The number of hydrazone groups is 1. The van der Waals surface area contributed by atoms with Gasteiger partial charge in [0.15, 0.2) is 0 Å². The molecule has 1 saturated heterocycles. The SMILES string of the molecule is C[C@@H]([C@@H](Nc1cccc(/C=N\NO)c1)C(=O)Nc1ccc(N2CCCCC2=O)cc1)C(F)(F)F. The van der Waals surface area contributed by atoms with Crippen LogP contribution in [-0.4, -0.2) is 42.0 Å². The van der Waals surface area contributed by atoms with Crippen molar-refractivity contribution in [3.05, 3.63) is 54.1 Å². The number of hydrogen-bond donors (Lipinski definition) is 4. The van der Waals surface area contributed by atoms with Gasteiger partial charge in [0.2, 0.25) is 11.8 Å². The van der Waals surface area contributed by atoms with Gasteiger partial charge in [0, 0.05) is 30.0 Å². The second-order valence-corrected chi connectivity index (χ2v) is 7.97. The van der Waals surface area contributed by atoms with E-state index in [0.717, 1.165) is 19.8 Å². The molecule has 1 fully saturated rings. The van der Waals surface area contributed by atoms with E-state index in [9.17, 15) is 22.8 Å². The molecule has 0 unspecified atom stereocenters. The van der Waals surface area contributed by atoms with Crippen molar-refractivity contribution in [1.29, 1.82) is 0 Å². The number of carbonyl (C=O) groups excluding carboxylic acids is 2. The maximum atomic E-state index is 13.5. The lowest BCUT2D eigenvalue weighted by Crippen LogP contribution is -2.45. The highest BCUT2D eigenvalue weighted by molar-refractivity contribution is 5.98. The zero-order chi connectivity index (χ0) is 24.7. The summed E-state index contributed by atoms with van der Waals surface area (Å²) in [7, 11) is 0. The Hall–Kier alpha value is -3.60. The van der Waals surface area contributed by atoms with Crippen LogP contribution in [0.3, 0.4) is 0 Å². The quantitative estimate of drug-likeness (QED) is 0.338. The third-order valence-electron chi connectivity index (χ3n) is 5.55. The molecule has 2 aromatic rings. The van der Waals surface area contributed by atoms with E-state index in [1.807, 2.05) is 0 Å². The summed E-state index contributed by atoms with van der Waals surface area (Å²) >= 11 is 0. The van der Waals surface area contributed by atoms with E-state index in [0.29, 0.717) is 29.9 Å². The van der Waals surface area contributed by atoms with Crippen LogP contribution in [0.1, 0.15) is 31.7 Å². The fourth-order valence-corrected chi connectivity index (χ4v) is 3.62. The fraction of sp³-hybridized carbons (Fsp3) is 0.348. The van der Waals surface area contributed by atoms with Crippen LogP contribution in [0, 0.1) is 5.92 Å².